The van der Waals surface area contributed by atoms with Crippen molar-refractivity contribution in [1.82, 2.24) is 9.47 Å². The van der Waals surface area contributed by atoms with Crippen molar-refractivity contribution in [2.45, 2.75) is 25.2 Å². The van der Waals surface area contributed by atoms with Crippen molar-refractivity contribution in [3.63, 3.8) is 0 Å². The van der Waals surface area contributed by atoms with E-state index in [1.54, 1.807) is 38.3 Å². The molecule has 3 rings (SSSR count). The van der Waals surface area contributed by atoms with Crippen LogP contribution in [0.1, 0.15) is 13.0 Å². The van der Waals surface area contributed by atoms with Gasteiger partial charge in [-0.2, -0.15) is 0 Å². The third-order valence-corrected chi connectivity index (χ3v) is 4.75. The SMILES string of the molecule is CO[C@H]1CN(C(=O)C(C)n2ccc3ccccc3c2=O)C[C@H]1OC. The molecule has 128 valence electrons. The van der Waals surface area contributed by atoms with Gasteiger partial charge in [0.2, 0.25) is 5.91 Å². The first-order chi connectivity index (χ1) is 11.6. The minimum absolute atomic E-state index is 0.103. The summed E-state index contributed by atoms with van der Waals surface area (Å²) in [6, 6.07) is 8.67. The fourth-order valence-electron chi connectivity index (χ4n) is 3.27. The van der Waals surface area contributed by atoms with Gasteiger partial charge in [0.1, 0.15) is 18.2 Å². The van der Waals surface area contributed by atoms with E-state index < -0.39 is 6.04 Å². The summed E-state index contributed by atoms with van der Waals surface area (Å²) in [7, 11) is 3.23. The van der Waals surface area contributed by atoms with E-state index in [1.165, 1.54) is 4.57 Å². The van der Waals surface area contributed by atoms with E-state index in [0.717, 1.165) is 5.39 Å². The highest BCUT2D eigenvalue weighted by molar-refractivity contribution is 5.83. The summed E-state index contributed by atoms with van der Waals surface area (Å²) >= 11 is 0. The molecule has 0 radical (unpaired) electrons. The molecule has 0 aliphatic carbocycles. The summed E-state index contributed by atoms with van der Waals surface area (Å²) in [5.74, 6) is -0.103. The third-order valence-electron chi connectivity index (χ3n) is 4.75. The van der Waals surface area contributed by atoms with E-state index in [4.69, 9.17) is 9.47 Å². The zero-order valence-corrected chi connectivity index (χ0v) is 14.1. The van der Waals surface area contributed by atoms with Crippen molar-refractivity contribution < 1.29 is 14.3 Å². The van der Waals surface area contributed by atoms with Gasteiger partial charge in [-0.15, -0.1) is 0 Å². The molecule has 0 saturated carbocycles. The highest BCUT2D eigenvalue weighted by Gasteiger charge is 2.37. The highest BCUT2D eigenvalue weighted by atomic mass is 16.5. The molecule has 24 heavy (non-hydrogen) atoms. The molecule has 1 aromatic carbocycles. The van der Waals surface area contributed by atoms with Crippen LogP contribution in [-0.4, -0.2) is 54.9 Å². The van der Waals surface area contributed by atoms with Gasteiger partial charge in [0.15, 0.2) is 0 Å². The molecule has 1 unspecified atom stereocenters. The number of carbonyl (C=O) groups excluding carboxylic acids is 1. The van der Waals surface area contributed by atoms with Crippen LogP contribution in [0, 0.1) is 0 Å². The normalized spacial score (nSPS) is 22.0. The Morgan fingerprint density at radius 1 is 1.12 bits per heavy atom. The number of ether oxygens (including phenoxy) is 2. The quantitative estimate of drug-likeness (QED) is 0.851. The van der Waals surface area contributed by atoms with Gasteiger partial charge in [0, 0.05) is 38.9 Å². The number of carbonyl (C=O) groups is 1. The van der Waals surface area contributed by atoms with Crippen LogP contribution in [0.2, 0.25) is 0 Å². The topological polar surface area (TPSA) is 60.8 Å². The van der Waals surface area contributed by atoms with Crippen molar-refractivity contribution in [1.29, 1.82) is 0 Å². The number of likely N-dealkylation sites (tertiary alicyclic amines) is 1. The van der Waals surface area contributed by atoms with Gasteiger partial charge in [-0.05, 0) is 24.4 Å². The van der Waals surface area contributed by atoms with E-state index in [1.807, 2.05) is 24.3 Å². The number of benzene rings is 1. The summed E-state index contributed by atoms with van der Waals surface area (Å²) in [4.78, 5) is 27.2. The van der Waals surface area contributed by atoms with E-state index in [2.05, 4.69) is 0 Å². The fourth-order valence-corrected chi connectivity index (χ4v) is 3.27. The molecule has 1 aliphatic rings. The Kier molecular flexibility index (Phi) is 4.69. The number of pyridine rings is 1. The molecule has 1 aliphatic heterocycles. The number of methoxy groups -OCH3 is 2. The second-order valence-corrected chi connectivity index (χ2v) is 6.08. The lowest BCUT2D eigenvalue weighted by molar-refractivity contribution is -0.133. The molecule has 0 N–H and O–H groups in total. The van der Waals surface area contributed by atoms with Gasteiger partial charge in [0.25, 0.3) is 5.56 Å². The predicted octanol–water partition coefficient (Wildman–Crippen LogP) is 1.43. The Morgan fingerprint density at radius 2 is 1.75 bits per heavy atom. The van der Waals surface area contributed by atoms with Gasteiger partial charge in [-0.1, -0.05) is 18.2 Å². The molecular formula is C18H22N2O4. The summed E-state index contributed by atoms with van der Waals surface area (Å²) < 4.78 is 12.2. The summed E-state index contributed by atoms with van der Waals surface area (Å²) in [6.45, 7) is 2.70. The monoisotopic (exact) mass is 330 g/mol. The van der Waals surface area contributed by atoms with Crippen molar-refractivity contribution in [3.8, 4) is 0 Å². The fraction of sp³-hybridized carbons (Fsp3) is 0.444. The summed E-state index contributed by atoms with van der Waals surface area (Å²) in [5, 5.41) is 1.49. The molecule has 0 spiro atoms. The van der Waals surface area contributed by atoms with Gasteiger partial charge in [-0.3, -0.25) is 9.59 Å². The zero-order chi connectivity index (χ0) is 17.3. The Morgan fingerprint density at radius 3 is 2.38 bits per heavy atom. The Balaban J connectivity index is 1.87. The van der Waals surface area contributed by atoms with E-state index >= 15 is 0 Å². The van der Waals surface area contributed by atoms with Crippen LogP contribution < -0.4 is 5.56 Å². The molecule has 6 heteroatoms. The number of hydrogen-bond donors (Lipinski definition) is 0. The lowest BCUT2D eigenvalue weighted by Crippen LogP contribution is -2.38. The minimum atomic E-state index is -0.574. The highest BCUT2D eigenvalue weighted by Crippen LogP contribution is 2.20. The molecule has 1 fully saturated rings. The lowest BCUT2D eigenvalue weighted by atomic mass is 10.1. The maximum atomic E-state index is 12.8. The molecular weight excluding hydrogens is 308 g/mol. The van der Waals surface area contributed by atoms with Crippen molar-refractivity contribution >= 4 is 16.7 Å². The van der Waals surface area contributed by atoms with Crippen LogP contribution in [0.4, 0.5) is 0 Å². The molecule has 6 nitrogen and oxygen atoms in total. The van der Waals surface area contributed by atoms with E-state index in [0.29, 0.717) is 18.5 Å². The number of amides is 1. The standard InChI is InChI=1S/C18H22N2O4/c1-12(17(21)19-10-15(23-2)16(11-19)24-3)20-9-8-13-6-4-5-7-14(13)18(20)22/h4-9,12,15-16H,10-11H2,1-3H3/t12?,15-,16+. The molecule has 2 aromatic rings. The molecule has 1 amide bonds. The third kappa shape index (κ3) is 2.83. The van der Waals surface area contributed by atoms with Crippen LogP contribution in [0.25, 0.3) is 10.8 Å². The minimum Gasteiger partial charge on any atom is -0.377 e. The van der Waals surface area contributed by atoms with Crippen molar-refractivity contribution in [2.75, 3.05) is 27.3 Å². The summed E-state index contributed by atoms with van der Waals surface area (Å²) in [5.41, 5.74) is -0.153. The second kappa shape index (κ2) is 6.75. The Hall–Kier alpha value is -2.18. The number of rotatable bonds is 4. The molecule has 3 atom stereocenters. The second-order valence-electron chi connectivity index (χ2n) is 6.08. The average molecular weight is 330 g/mol. The average Bonchev–Trinajstić information content (AvgIpc) is 3.04. The van der Waals surface area contributed by atoms with Crippen LogP contribution in [0.5, 0.6) is 0 Å². The number of fused-ring (bicyclic) bond motifs is 1. The first-order valence-corrected chi connectivity index (χ1v) is 8.01. The van der Waals surface area contributed by atoms with Gasteiger partial charge in [0.05, 0.1) is 0 Å². The number of nitrogens with zero attached hydrogens (tertiary/aromatic N) is 2. The number of hydrogen-bond acceptors (Lipinski definition) is 4. The lowest BCUT2D eigenvalue weighted by Gasteiger charge is -2.22. The van der Waals surface area contributed by atoms with Crippen LogP contribution in [0.15, 0.2) is 41.3 Å². The molecule has 0 bridgehead atoms. The first kappa shape index (κ1) is 16.7. The van der Waals surface area contributed by atoms with Gasteiger partial charge in [-0.25, -0.2) is 0 Å². The Labute approximate surface area is 140 Å². The summed E-state index contributed by atoms with van der Waals surface area (Å²) in [6.07, 6.45) is 1.41. The predicted molar refractivity (Wildman–Crippen MR) is 91.1 cm³/mol. The van der Waals surface area contributed by atoms with Crippen molar-refractivity contribution in [2.24, 2.45) is 0 Å². The van der Waals surface area contributed by atoms with Gasteiger partial charge < -0.3 is 18.9 Å². The van der Waals surface area contributed by atoms with E-state index in [-0.39, 0.29) is 23.7 Å². The zero-order valence-electron chi connectivity index (χ0n) is 14.1. The number of aromatic nitrogens is 1. The maximum Gasteiger partial charge on any atom is 0.259 e. The molecule has 2 heterocycles. The van der Waals surface area contributed by atoms with Crippen LogP contribution in [-0.2, 0) is 14.3 Å². The smallest absolute Gasteiger partial charge is 0.259 e. The molecule has 1 aromatic heterocycles. The van der Waals surface area contributed by atoms with Crippen molar-refractivity contribution in [3.05, 3.63) is 46.9 Å². The Bertz CT molecular complexity index is 789. The van der Waals surface area contributed by atoms with Crippen LogP contribution >= 0.6 is 0 Å². The maximum absolute atomic E-state index is 12.8. The largest absolute Gasteiger partial charge is 0.377 e. The van der Waals surface area contributed by atoms with Gasteiger partial charge >= 0.3 is 0 Å². The molecule has 1 saturated heterocycles. The van der Waals surface area contributed by atoms with E-state index in [9.17, 15) is 9.59 Å². The first-order valence-electron chi connectivity index (χ1n) is 8.01. The van der Waals surface area contributed by atoms with Crippen LogP contribution in [0.3, 0.4) is 0 Å².